The average molecular weight is 293 g/mol. The Morgan fingerprint density at radius 2 is 1.00 bits per heavy atom. The molecule has 6 heteroatoms. The van der Waals surface area contributed by atoms with Gasteiger partial charge in [0.2, 0.25) is 0 Å². The van der Waals surface area contributed by atoms with Crippen LogP contribution >= 0.6 is 20.2 Å². The monoisotopic (exact) mass is 291 g/mol. The molecule has 0 aliphatic carbocycles. The molecule has 0 aromatic carbocycles. The summed E-state index contributed by atoms with van der Waals surface area (Å²) < 4.78 is 0. The normalized spacial score (nSPS) is 3.67. The molecule has 0 aromatic heterocycles. The third kappa shape index (κ3) is 27.2. The molecule has 6 heavy (non-hydrogen) atoms. The number of hydrogen-bond acceptors (Lipinski definition) is 0. The van der Waals surface area contributed by atoms with Gasteiger partial charge in [-0.2, -0.15) is 0 Å². The van der Waals surface area contributed by atoms with Crippen LogP contribution in [-0.4, -0.2) is 45.5 Å². The molecular formula is Cl4CuSr. The van der Waals surface area contributed by atoms with Crippen molar-refractivity contribution < 1.29 is 37.9 Å². The van der Waals surface area contributed by atoms with Crippen molar-refractivity contribution in [3.05, 3.63) is 0 Å². The predicted octanol–water partition coefficient (Wildman–Crippen LogP) is -5.00. The molecule has 0 aromatic rings. The van der Waals surface area contributed by atoms with Crippen molar-refractivity contribution in [2.45, 2.75) is 0 Å². The second-order valence-electron chi connectivity index (χ2n) is 0.0431. The maximum atomic E-state index is 4.67. The SMILES string of the molecule is [Cl-].[Cl-].[Cl][Cu][Cl].[Sr+2]. The summed E-state index contributed by atoms with van der Waals surface area (Å²) in [6.45, 7) is 0. The first-order valence-corrected chi connectivity index (χ1v) is 2.82. The summed E-state index contributed by atoms with van der Waals surface area (Å²) in [5.41, 5.74) is 0. The van der Waals surface area contributed by atoms with Gasteiger partial charge in [-0.3, -0.25) is 0 Å². The molecule has 0 radical (unpaired) electrons. The first-order valence-electron chi connectivity index (χ1n) is 0.228. The fourth-order valence-electron chi connectivity index (χ4n) is 0. The van der Waals surface area contributed by atoms with Gasteiger partial charge in [-0.1, -0.05) is 0 Å². The van der Waals surface area contributed by atoms with Crippen LogP contribution in [-0.2, 0) is 13.1 Å². The molecule has 0 fully saturated rings. The van der Waals surface area contributed by atoms with Gasteiger partial charge < -0.3 is 24.8 Å². The molecule has 0 rings (SSSR count). The zero-order valence-electron chi connectivity index (χ0n) is 2.52. The fraction of sp³-hybridized carbons (Fsp3) is 0. The molecule has 0 saturated heterocycles. The zero-order chi connectivity index (χ0) is 2.71. The van der Waals surface area contributed by atoms with Crippen molar-refractivity contribution in [3.8, 4) is 0 Å². The third-order valence-corrected chi connectivity index (χ3v) is 0. The van der Waals surface area contributed by atoms with Crippen LogP contribution in [0.15, 0.2) is 0 Å². The maximum absolute atomic E-state index is 4.67. The molecule has 0 N–H and O–H groups in total. The van der Waals surface area contributed by atoms with Gasteiger partial charge >= 0.3 is 78.8 Å². The van der Waals surface area contributed by atoms with E-state index in [1.807, 2.05) is 0 Å². The molecule has 0 spiro atoms. The number of hydrogen-bond donors (Lipinski definition) is 0. The summed E-state index contributed by atoms with van der Waals surface area (Å²) in [6.07, 6.45) is 0. The number of rotatable bonds is 0. The van der Waals surface area contributed by atoms with Crippen molar-refractivity contribution in [2.75, 3.05) is 0 Å². The Labute approximate surface area is 101 Å². The summed E-state index contributed by atoms with van der Waals surface area (Å²) in [5, 5.41) is 0. The summed E-state index contributed by atoms with van der Waals surface area (Å²) in [6, 6.07) is 0. The van der Waals surface area contributed by atoms with Crippen LogP contribution in [0.25, 0.3) is 0 Å². The summed E-state index contributed by atoms with van der Waals surface area (Å²) in [4.78, 5) is 0. The van der Waals surface area contributed by atoms with Crippen molar-refractivity contribution in [2.24, 2.45) is 0 Å². The van der Waals surface area contributed by atoms with Crippen LogP contribution in [0.1, 0.15) is 0 Å². The second-order valence-corrected chi connectivity index (χ2v) is 1.60. The Morgan fingerprint density at radius 1 is 1.00 bits per heavy atom. The summed E-state index contributed by atoms with van der Waals surface area (Å²) in [7, 11) is 9.34. The molecule has 0 aliphatic rings. The fourth-order valence-corrected chi connectivity index (χ4v) is 0. The van der Waals surface area contributed by atoms with E-state index in [2.05, 4.69) is 20.2 Å². The van der Waals surface area contributed by atoms with Gasteiger partial charge in [0.15, 0.2) is 0 Å². The van der Waals surface area contributed by atoms with Crippen LogP contribution in [0.3, 0.4) is 0 Å². The summed E-state index contributed by atoms with van der Waals surface area (Å²) >= 11 is 0.757. The van der Waals surface area contributed by atoms with E-state index in [0.29, 0.717) is 0 Å². The van der Waals surface area contributed by atoms with E-state index in [1.54, 1.807) is 0 Å². The second kappa shape index (κ2) is 24.2. The van der Waals surface area contributed by atoms with Crippen LogP contribution in [0.5, 0.6) is 0 Å². The zero-order valence-corrected chi connectivity index (χ0v) is 9.96. The summed E-state index contributed by atoms with van der Waals surface area (Å²) in [5.74, 6) is 0. The Morgan fingerprint density at radius 3 is 1.00 bits per heavy atom. The largest absolute Gasteiger partial charge is 2.00 e. The van der Waals surface area contributed by atoms with Crippen LogP contribution in [0.2, 0.25) is 0 Å². The minimum absolute atomic E-state index is 0. The standard InChI is InChI=1S/4ClH.Cu.Sr/h4*1H;;/q;;;;2*+2/p-4. The molecule has 0 heterocycles. The molecule has 0 saturated carbocycles. The molecule has 41 valence electrons. The average Bonchev–Trinajstić information content (AvgIpc) is 0.918. The molecule has 0 atom stereocenters. The van der Waals surface area contributed by atoms with E-state index >= 15 is 0 Å². The Kier molecular flexibility index (Phi) is 92.3. The van der Waals surface area contributed by atoms with Crippen molar-refractivity contribution in [1.82, 2.24) is 0 Å². The van der Waals surface area contributed by atoms with E-state index in [4.69, 9.17) is 0 Å². The first kappa shape index (κ1) is 22.9. The molecule has 0 bridgehead atoms. The van der Waals surface area contributed by atoms with E-state index in [1.165, 1.54) is 0 Å². The molecule has 0 aliphatic heterocycles. The Balaban J connectivity index is -0.00000000667. The number of halogens is 4. The maximum Gasteiger partial charge on any atom is 2.00 e. The Bertz CT molecular complexity index is 7.51. The molecule has 0 amide bonds. The molecule has 0 nitrogen and oxygen atoms in total. The van der Waals surface area contributed by atoms with Gasteiger partial charge in [-0.05, 0) is 0 Å². The van der Waals surface area contributed by atoms with Crippen LogP contribution < -0.4 is 24.8 Å². The van der Waals surface area contributed by atoms with Gasteiger partial charge in [-0.25, -0.2) is 0 Å². The van der Waals surface area contributed by atoms with Gasteiger partial charge in [-0.15, -0.1) is 0 Å². The first-order chi connectivity index (χ1) is 1.41. The van der Waals surface area contributed by atoms with Gasteiger partial charge in [0.25, 0.3) is 0 Å². The quantitative estimate of drug-likeness (QED) is 0.393. The van der Waals surface area contributed by atoms with Gasteiger partial charge in [0, 0.05) is 0 Å². The topological polar surface area (TPSA) is 0 Å². The predicted molar refractivity (Wildman–Crippen MR) is 17.5 cm³/mol. The van der Waals surface area contributed by atoms with E-state index in [-0.39, 0.29) is 70.3 Å². The van der Waals surface area contributed by atoms with Crippen molar-refractivity contribution in [3.63, 3.8) is 0 Å². The Hall–Kier alpha value is 3.16. The van der Waals surface area contributed by atoms with E-state index < -0.39 is 0 Å². The minimum Gasteiger partial charge on any atom is 2.00 e. The van der Waals surface area contributed by atoms with Crippen molar-refractivity contribution >= 4 is 65.7 Å². The van der Waals surface area contributed by atoms with Gasteiger partial charge in [0.05, 0.1) is 0 Å². The van der Waals surface area contributed by atoms with E-state index in [9.17, 15) is 0 Å². The van der Waals surface area contributed by atoms with Crippen LogP contribution in [0.4, 0.5) is 0 Å². The minimum atomic E-state index is 0. The third-order valence-electron chi connectivity index (χ3n) is 0. The molecular weight excluding hydrogens is 293 g/mol. The van der Waals surface area contributed by atoms with E-state index in [0.717, 1.165) is 13.1 Å². The van der Waals surface area contributed by atoms with Crippen LogP contribution in [0, 0.1) is 0 Å². The smallest absolute Gasteiger partial charge is 2.00 e. The van der Waals surface area contributed by atoms with Gasteiger partial charge in [0.1, 0.15) is 0 Å². The van der Waals surface area contributed by atoms with Crippen molar-refractivity contribution in [1.29, 1.82) is 0 Å². The molecule has 0 unspecified atom stereocenters.